The van der Waals surface area contributed by atoms with E-state index in [1.807, 2.05) is 39.6 Å². The number of nitrogens with zero attached hydrogens (tertiary/aromatic N) is 3. The number of thiazole rings is 1. The van der Waals surface area contributed by atoms with Crippen LogP contribution in [-0.2, 0) is 6.54 Å². The summed E-state index contributed by atoms with van der Waals surface area (Å²) in [4.78, 5) is 17.2. The zero-order valence-electron chi connectivity index (χ0n) is 13.4. The molecule has 0 aliphatic heterocycles. The van der Waals surface area contributed by atoms with Gasteiger partial charge in [0, 0.05) is 11.4 Å². The summed E-state index contributed by atoms with van der Waals surface area (Å²) in [5.74, 6) is 0.796. The largest absolute Gasteiger partial charge is 0.467 e. The topological polar surface area (TPSA) is 73.6 Å². The van der Waals surface area contributed by atoms with E-state index in [-0.39, 0.29) is 5.69 Å². The molecule has 0 amide bonds. The van der Waals surface area contributed by atoms with E-state index < -0.39 is 4.92 Å². The van der Waals surface area contributed by atoms with E-state index in [4.69, 9.17) is 4.42 Å². The Morgan fingerprint density at radius 2 is 2.00 bits per heavy atom. The molecule has 0 bridgehead atoms. The van der Waals surface area contributed by atoms with Gasteiger partial charge in [-0.2, -0.15) is 0 Å². The SMILES string of the molecule is O=[N+]([O-])c1ccccc1N=c1scc(-c2cccs2)n1Cc1ccco1. The number of nitro groups is 1. The van der Waals surface area contributed by atoms with E-state index in [0.29, 0.717) is 17.0 Å². The van der Waals surface area contributed by atoms with Crippen molar-refractivity contribution in [3.63, 3.8) is 0 Å². The zero-order valence-corrected chi connectivity index (χ0v) is 15.1. The average Bonchev–Trinajstić information content (AvgIpc) is 3.38. The molecule has 0 spiro atoms. The zero-order chi connectivity index (χ0) is 17.9. The molecule has 0 aliphatic rings. The van der Waals surface area contributed by atoms with Crippen LogP contribution in [0.2, 0.25) is 0 Å². The highest BCUT2D eigenvalue weighted by Crippen LogP contribution is 2.28. The van der Waals surface area contributed by atoms with Gasteiger partial charge in [0.1, 0.15) is 11.4 Å². The van der Waals surface area contributed by atoms with Crippen LogP contribution in [0.5, 0.6) is 0 Å². The van der Waals surface area contributed by atoms with Gasteiger partial charge in [-0.05, 0) is 29.6 Å². The van der Waals surface area contributed by atoms with Gasteiger partial charge in [-0.3, -0.25) is 10.1 Å². The molecular formula is C18H13N3O3S2. The van der Waals surface area contributed by atoms with Crippen LogP contribution < -0.4 is 4.80 Å². The Hall–Kier alpha value is -2.97. The van der Waals surface area contributed by atoms with E-state index >= 15 is 0 Å². The maximum Gasteiger partial charge on any atom is 0.294 e. The molecule has 0 fully saturated rings. The molecule has 4 rings (SSSR count). The summed E-state index contributed by atoms with van der Waals surface area (Å²) >= 11 is 3.09. The first kappa shape index (κ1) is 16.5. The van der Waals surface area contributed by atoms with Crippen LogP contribution in [0.25, 0.3) is 10.6 Å². The first-order valence-corrected chi connectivity index (χ1v) is 9.51. The summed E-state index contributed by atoms with van der Waals surface area (Å²) in [6.07, 6.45) is 1.63. The maximum absolute atomic E-state index is 11.3. The minimum atomic E-state index is -0.413. The minimum absolute atomic E-state index is 0.0110. The number of aromatic nitrogens is 1. The Kier molecular flexibility index (Phi) is 4.51. The lowest BCUT2D eigenvalue weighted by Gasteiger charge is -2.06. The summed E-state index contributed by atoms with van der Waals surface area (Å²) in [5.41, 5.74) is 1.34. The molecule has 4 aromatic rings. The van der Waals surface area contributed by atoms with Crippen LogP contribution >= 0.6 is 22.7 Å². The van der Waals surface area contributed by atoms with Crippen molar-refractivity contribution in [2.75, 3.05) is 0 Å². The van der Waals surface area contributed by atoms with Crippen LogP contribution in [0.1, 0.15) is 5.76 Å². The highest BCUT2D eigenvalue weighted by Gasteiger charge is 2.14. The van der Waals surface area contributed by atoms with E-state index in [9.17, 15) is 10.1 Å². The third-order valence-electron chi connectivity index (χ3n) is 3.76. The van der Waals surface area contributed by atoms with Crippen molar-refractivity contribution in [1.29, 1.82) is 0 Å². The lowest BCUT2D eigenvalue weighted by molar-refractivity contribution is -0.384. The van der Waals surface area contributed by atoms with Gasteiger partial charge in [-0.25, -0.2) is 4.99 Å². The number of rotatable bonds is 5. The molecule has 3 heterocycles. The number of nitro benzene ring substituents is 1. The molecular weight excluding hydrogens is 370 g/mol. The first-order valence-electron chi connectivity index (χ1n) is 7.75. The highest BCUT2D eigenvalue weighted by atomic mass is 32.1. The Bertz CT molecular complexity index is 1090. The van der Waals surface area contributed by atoms with Crippen molar-refractivity contribution >= 4 is 34.0 Å². The Morgan fingerprint density at radius 3 is 2.73 bits per heavy atom. The monoisotopic (exact) mass is 383 g/mol. The van der Waals surface area contributed by atoms with E-state index in [1.165, 1.54) is 17.4 Å². The smallest absolute Gasteiger partial charge is 0.294 e. The third kappa shape index (κ3) is 3.24. The van der Waals surface area contributed by atoms with Crippen molar-refractivity contribution in [2.24, 2.45) is 4.99 Å². The number of furan rings is 1. The fourth-order valence-corrected chi connectivity index (χ4v) is 4.31. The van der Waals surface area contributed by atoms with Gasteiger partial charge in [-0.1, -0.05) is 18.2 Å². The van der Waals surface area contributed by atoms with Crippen molar-refractivity contribution < 1.29 is 9.34 Å². The van der Waals surface area contributed by atoms with Gasteiger partial charge in [0.15, 0.2) is 4.80 Å². The van der Waals surface area contributed by atoms with Crippen LogP contribution in [0.4, 0.5) is 11.4 Å². The molecule has 0 saturated heterocycles. The quantitative estimate of drug-likeness (QED) is 0.357. The number of hydrogen-bond donors (Lipinski definition) is 0. The van der Waals surface area contributed by atoms with Gasteiger partial charge in [0.05, 0.1) is 28.3 Å². The third-order valence-corrected chi connectivity index (χ3v) is 5.52. The second kappa shape index (κ2) is 7.11. The molecule has 8 heteroatoms. The fraction of sp³-hybridized carbons (Fsp3) is 0.0556. The predicted octanol–water partition coefficient (Wildman–Crippen LogP) is 5.06. The van der Waals surface area contributed by atoms with Crippen LogP contribution in [0, 0.1) is 10.1 Å². The van der Waals surface area contributed by atoms with E-state index in [1.54, 1.807) is 35.8 Å². The molecule has 0 atom stereocenters. The summed E-state index contributed by atoms with van der Waals surface area (Å²) in [6, 6.07) is 14.3. The van der Waals surface area contributed by atoms with Gasteiger partial charge >= 0.3 is 0 Å². The molecule has 6 nitrogen and oxygen atoms in total. The summed E-state index contributed by atoms with van der Waals surface area (Å²) in [7, 11) is 0. The Balaban J connectivity index is 1.88. The number of hydrogen-bond acceptors (Lipinski definition) is 6. The van der Waals surface area contributed by atoms with Crippen molar-refractivity contribution in [3.05, 3.63) is 86.2 Å². The average molecular weight is 383 g/mol. The molecule has 130 valence electrons. The number of thiophene rings is 1. The lowest BCUT2D eigenvalue weighted by Crippen LogP contribution is -2.16. The molecule has 0 aliphatic carbocycles. The van der Waals surface area contributed by atoms with E-state index in [0.717, 1.165) is 16.3 Å². The molecule has 1 aromatic carbocycles. The molecule has 0 N–H and O–H groups in total. The molecule has 0 radical (unpaired) electrons. The molecule has 0 unspecified atom stereocenters. The Morgan fingerprint density at radius 1 is 1.12 bits per heavy atom. The number of para-hydroxylation sites is 2. The lowest BCUT2D eigenvalue weighted by atomic mass is 10.3. The van der Waals surface area contributed by atoms with Crippen molar-refractivity contribution in [3.8, 4) is 10.6 Å². The van der Waals surface area contributed by atoms with Gasteiger partial charge < -0.3 is 8.98 Å². The van der Waals surface area contributed by atoms with Gasteiger partial charge in [0.2, 0.25) is 0 Å². The standard InChI is InChI=1S/C18H13N3O3S2/c22-21(23)15-7-2-1-6-14(15)19-18-20(11-13-5-3-9-24-13)16(12-26-18)17-8-4-10-25-17/h1-10,12H,11H2. The van der Waals surface area contributed by atoms with Gasteiger partial charge in [-0.15, -0.1) is 22.7 Å². The molecule has 26 heavy (non-hydrogen) atoms. The van der Waals surface area contributed by atoms with Crippen LogP contribution in [0.15, 0.2) is 75.0 Å². The van der Waals surface area contributed by atoms with Crippen molar-refractivity contribution in [1.82, 2.24) is 4.57 Å². The summed E-state index contributed by atoms with van der Waals surface area (Å²) < 4.78 is 7.50. The summed E-state index contributed by atoms with van der Waals surface area (Å²) in [5, 5.41) is 15.3. The van der Waals surface area contributed by atoms with Gasteiger partial charge in [0.25, 0.3) is 5.69 Å². The van der Waals surface area contributed by atoms with Crippen molar-refractivity contribution in [2.45, 2.75) is 6.54 Å². The minimum Gasteiger partial charge on any atom is -0.467 e. The van der Waals surface area contributed by atoms with E-state index in [2.05, 4.69) is 4.99 Å². The highest BCUT2D eigenvalue weighted by molar-refractivity contribution is 7.14. The first-order chi connectivity index (χ1) is 12.7. The Labute approximate surface area is 156 Å². The second-order valence-corrected chi connectivity index (χ2v) is 7.19. The number of benzene rings is 1. The maximum atomic E-state index is 11.3. The fourth-order valence-electron chi connectivity index (χ4n) is 2.57. The normalized spacial score (nSPS) is 11.8. The second-order valence-electron chi connectivity index (χ2n) is 5.40. The van der Waals surface area contributed by atoms with Crippen LogP contribution in [0.3, 0.4) is 0 Å². The predicted molar refractivity (Wildman–Crippen MR) is 102 cm³/mol. The summed E-state index contributed by atoms with van der Waals surface area (Å²) in [6.45, 7) is 0.503. The molecule has 3 aromatic heterocycles. The van der Waals surface area contributed by atoms with Crippen LogP contribution in [-0.4, -0.2) is 9.49 Å². The molecule has 0 saturated carbocycles.